The molecule has 2 heterocycles. The van der Waals surface area contributed by atoms with Crippen LogP contribution < -0.4 is 16.4 Å². The molecule has 1 aliphatic rings. The van der Waals surface area contributed by atoms with E-state index in [1.165, 1.54) is 11.1 Å². The first kappa shape index (κ1) is 26.9. The molecular weight excluding hydrogens is 466 g/mol. The third kappa shape index (κ3) is 9.70. The number of piperidine rings is 1. The molecule has 1 aromatic heterocycles. The number of benzene rings is 2. The lowest BCUT2D eigenvalue weighted by Crippen LogP contribution is -2.39. The topological polar surface area (TPSA) is 110 Å². The molecule has 4 N–H and O–H groups in total. The van der Waals surface area contributed by atoms with Gasteiger partial charge in [0.25, 0.3) is 0 Å². The van der Waals surface area contributed by atoms with Crippen molar-refractivity contribution in [2.75, 3.05) is 63.2 Å². The predicted octanol–water partition coefficient (Wildman–Crippen LogP) is 2.94. The van der Waals surface area contributed by atoms with E-state index in [4.69, 9.17) is 20.2 Å². The third-order valence-electron chi connectivity index (χ3n) is 6.22. The Labute approximate surface area is 219 Å². The van der Waals surface area contributed by atoms with E-state index >= 15 is 0 Å². The van der Waals surface area contributed by atoms with Crippen molar-refractivity contribution in [2.45, 2.75) is 31.8 Å². The highest BCUT2D eigenvalue weighted by Gasteiger charge is 2.20. The zero-order valence-corrected chi connectivity index (χ0v) is 21.5. The quantitative estimate of drug-likeness (QED) is 0.269. The Morgan fingerprint density at radius 1 is 0.784 bits per heavy atom. The van der Waals surface area contributed by atoms with Gasteiger partial charge in [-0.05, 0) is 24.0 Å². The van der Waals surface area contributed by atoms with Crippen LogP contribution in [0.15, 0.2) is 60.7 Å². The van der Waals surface area contributed by atoms with Gasteiger partial charge in [0.15, 0.2) is 0 Å². The maximum absolute atomic E-state index is 5.61. The summed E-state index contributed by atoms with van der Waals surface area (Å²) in [5, 5.41) is 6.86. The minimum absolute atomic E-state index is 0.337. The summed E-state index contributed by atoms with van der Waals surface area (Å²) in [7, 11) is 0. The Hall–Kier alpha value is -3.11. The standard InChI is InChI=1S/C28H39N7O2/c29-13-17-36-19-20-37-18-14-30-27-32-26(21-23-7-3-1-4-8-23)33-28(34-27)31-25-11-15-35(16-12-25)22-24-9-5-2-6-10-24/h1-10,25H,11-22,29H2,(H2,30,31,32,33,34). The minimum atomic E-state index is 0.337. The lowest BCUT2D eigenvalue weighted by atomic mass is 10.0. The van der Waals surface area contributed by atoms with E-state index in [1.54, 1.807) is 0 Å². The van der Waals surface area contributed by atoms with Gasteiger partial charge in [-0.1, -0.05) is 60.7 Å². The molecule has 1 saturated heterocycles. The zero-order valence-electron chi connectivity index (χ0n) is 21.5. The van der Waals surface area contributed by atoms with Crippen molar-refractivity contribution in [1.82, 2.24) is 19.9 Å². The van der Waals surface area contributed by atoms with Crippen molar-refractivity contribution in [2.24, 2.45) is 5.73 Å². The van der Waals surface area contributed by atoms with Crippen molar-refractivity contribution in [3.8, 4) is 0 Å². The van der Waals surface area contributed by atoms with Crippen LogP contribution in [-0.2, 0) is 22.4 Å². The normalized spacial score (nSPS) is 14.5. The molecule has 0 radical (unpaired) electrons. The van der Waals surface area contributed by atoms with Gasteiger partial charge in [-0.15, -0.1) is 0 Å². The number of nitrogens with zero attached hydrogens (tertiary/aromatic N) is 4. The molecule has 2 aromatic carbocycles. The number of hydrogen-bond donors (Lipinski definition) is 3. The molecule has 0 unspecified atom stereocenters. The maximum Gasteiger partial charge on any atom is 0.227 e. The molecule has 3 aromatic rings. The molecule has 0 bridgehead atoms. The van der Waals surface area contributed by atoms with Gasteiger partial charge in [-0.25, -0.2) is 0 Å². The average molecular weight is 506 g/mol. The van der Waals surface area contributed by atoms with Crippen molar-refractivity contribution >= 4 is 11.9 Å². The molecule has 37 heavy (non-hydrogen) atoms. The third-order valence-corrected chi connectivity index (χ3v) is 6.22. The van der Waals surface area contributed by atoms with Crippen LogP contribution in [0.1, 0.15) is 29.8 Å². The van der Waals surface area contributed by atoms with E-state index in [0.717, 1.165) is 38.3 Å². The highest BCUT2D eigenvalue weighted by Crippen LogP contribution is 2.18. The van der Waals surface area contributed by atoms with Crippen molar-refractivity contribution in [1.29, 1.82) is 0 Å². The highest BCUT2D eigenvalue weighted by molar-refractivity contribution is 5.36. The van der Waals surface area contributed by atoms with Gasteiger partial charge < -0.3 is 25.8 Å². The number of rotatable bonds is 15. The number of likely N-dealkylation sites (tertiary alicyclic amines) is 1. The minimum Gasteiger partial charge on any atom is -0.378 e. The first-order valence-electron chi connectivity index (χ1n) is 13.2. The van der Waals surface area contributed by atoms with Crippen molar-refractivity contribution < 1.29 is 9.47 Å². The maximum atomic E-state index is 5.61. The zero-order chi connectivity index (χ0) is 25.5. The van der Waals surface area contributed by atoms with Crippen molar-refractivity contribution in [3.63, 3.8) is 0 Å². The summed E-state index contributed by atoms with van der Waals surface area (Å²) < 4.78 is 10.9. The van der Waals surface area contributed by atoms with Gasteiger partial charge in [-0.2, -0.15) is 15.0 Å². The summed E-state index contributed by atoms with van der Waals surface area (Å²) in [6.07, 6.45) is 2.75. The molecule has 1 fully saturated rings. The number of nitrogens with one attached hydrogen (secondary N) is 2. The van der Waals surface area contributed by atoms with Crippen LogP contribution in [0.5, 0.6) is 0 Å². The van der Waals surface area contributed by atoms with Crippen molar-refractivity contribution in [3.05, 3.63) is 77.6 Å². The molecule has 4 rings (SSSR count). The molecule has 1 aliphatic heterocycles. The molecule has 9 heteroatoms. The van der Waals surface area contributed by atoms with Gasteiger partial charge in [0, 0.05) is 45.2 Å². The van der Waals surface area contributed by atoms with E-state index in [1.807, 2.05) is 18.2 Å². The van der Waals surface area contributed by atoms with E-state index in [2.05, 4.69) is 68.0 Å². The highest BCUT2D eigenvalue weighted by atomic mass is 16.5. The molecule has 0 atom stereocenters. The van der Waals surface area contributed by atoms with Crippen LogP contribution in [0.2, 0.25) is 0 Å². The summed E-state index contributed by atoms with van der Waals surface area (Å²) in [4.78, 5) is 16.6. The number of hydrogen-bond acceptors (Lipinski definition) is 9. The summed E-state index contributed by atoms with van der Waals surface area (Å²) in [6.45, 7) is 6.38. The summed E-state index contributed by atoms with van der Waals surface area (Å²) >= 11 is 0. The second kappa shape index (κ2) is 15.2. The fourth-order valence-electron chi connectivity index (χ4n) is 4.32. The fraction of sp³-hybridized carbons (Fsp3) is 0.464. The van der Waals surface area contributed by atoms with Crippen LogP contribution in [0.3, 0.4) is 0 Å². The molecule has 0 amide bonds. The van der Waals surface area contributed by atoms with Crippen LogP contribution >= 0.6 is 0 Å². The number of anilines is 2. The second-order valence-electron chi connectivity index (χ2n) is 9.18. The second-order valence-corrected chi connectivity index (χ2v) is 9.18. The van der Waals surface area contributed by atoms with E-state index in [-0.39, 0.29) is 0 Å². The largest absolute Gasteiger partial charge is 0.378 e. The fourth-order valence-corrected chi connectivity index (χ4v) is 4.32. The summed E-state index contributed by atoms with van der Waals surface area (Å²) in [6, 6.07) is 21.3. The Kier molecular flexibility index (Phi) is 11.1. The molecule has 9 nitrogen and oxygen atoms in total. The SMILES string of the molecule is NCCOCCOCCNc1nc(Cc2ccccc2)nc(NC2CCN(Cc3ccccc3)CC2)n1. The summed E-state index contributed by atoms with van der Waals surface area (Å²) in [5.41, 5.74) is 7.95. The van der Waals surface area contributed by atoms with Gasteiger partial charge in [0.05, 0.1) is 26.4 Å². The summed E-state index contributed by atoms with van der Waals surface area (Å²) in [5.74, 6) is 1.93. The molecule has 0 saturated carbocycles. The molecule has 0 aliphatic carbocycles. The average Bonchev–Trinajstić information content (AvgIpc) is 2.92. The van der Waals surface area contributed by atoms with Gasteiger partial charge >= 0.3 is 0 Å². The van der Waals surface area contributed by atoms with Gasteiger partial charge in [0.2, 0.25) is 11.9 Å². The number of nitrogens with two attached hydrogens (primary N) is 1. The van der Waals surface area contributed by atoms with Crippen LogP contribution in [0.25, 0.3) is 0 Å². The first-order chi connectivity index (χ1) is 18.3. The number of aromatic nitrogens is 3. The molecule has 0 spiro atoms. The van der Waals surface area contributed by atoms with E-state index in [0.29, 0.717) is 63.9 Å². The number of ether oxygens (including phenoxy) is 2. The molecule has 198 valence electrons. The first-order valence-corrected chi connectivity index (χ1v) is 13.2. The Morgan fingerprint density at radius 3 is 2.14 bits per heavy atom. The van der Waals surface area contributed by atoms with Gasteiger partial charge in [-0.3, -0.25) is 4.90 Å². The Bertz CT molecular complexity index is 1030. The van der Waals surface area contributed by atoms with E-state index < -0.39 is 0 Å². The van der Waals surface area contributed by atoms with Gasteiger partial charge in [0.1, 0.15) is 5.82 Å². The molecular formula is C28H39N7O2. The predicted molar refractivity (Wildman–Crippen MR) is 147 cm³/mol. The van der Waals surface area contributed by atoms with Crippen LogP contribution in [-0.4, -0.2) is 78.5 Å². The lowest BCUT2D eigenvalue weighted by Gasteiger charge is -2.32. The Balaban J connectivity index is 1.31. The smallest absolute Gasteiger partial charge is 0.227 e. The van der Waals surface area contributed by atoms with Crippen LogP contribution in [0.4, 0.5) is 11.9 Å². The lowest BCUT2D eigenvalue weighted by molar-refractivity contribution is 0.0547. The Morgan fingerprint density at radius 2 is 1.43 bits per heavy atom. The monoisotopic (exact) mass is 505 g/mol. The van der Waals surface area contributed by atoms with Crippen LogP contribution in [0, 0.1) is 0 Å². The van der Waals surface area contributed by atoms with E-state index in [9.17, 15) is 0 Å².